The highest BCUT2D eigenvalue weighted by Gasteiger charge is 2.24. The molecule has 9 nitrogen and oxygen atoms in total. The van der Waals surface area contributed by atoms with Gasteiger partial charge >= 0.3 is 6.09 Å². The summed E-state index contributed by atoms with van der Waals surface area (Å²) in [7, 11) is -2.54. The number of carbonyl (C=O) groups excluding carboxylic acids is 2. The van der Waals surface area contributed by atoms with E-state index in [4.69, 9.17) is 9.47 Å². The predicted octanol–water partition coefficient (Wildman–Crippen LogP) is 6.25. The van der Waals surface area contributed by atoms with Gasteiger partial charge in [-0.05, 0) is 80.1 Å². The summed E-state index contributed by atoms with van der Waals surface area (Å²) in [6.45, 7) is 3.68. The fourth-order valence-electron chi connectivity index (χ4n) is 5.35. The normalized spacial score (nSPS) is 14.5. The number of aryl methyl sites for hydroxylation is 1. The maximum Gasteiger partial charge on any atom is 0.411 e. The van der Waals surface area contributed by atoms with Crippen LogP contribution in [0.1, 0.15) is 65.6 Å². The number of amides is 2. The monoisotopic (exact) mass is 575 g/mol. The van der Waals surface area contributed by atoms with Gasteiger partial charge in [-0.1, -0.05) is 31.2 Å². The number of methoxy groups -OCH3 is 1. The first-order valence-corrected chi connectivity index (χ1v) is 15.0. The molecule has 0 saturated heterocycles. The molecule has 1 unspecified atom stereocenters. The van der Waals surface area contributed by atoms with E-state index in [2.05, 4.69) is 15.0 Å². The Labute approximate surface area is 239 Å². The van der Waals surface area contributed by atoms with Crippen molar-refractivity contribution in [1.82, 2.24) is 9.71 Å². The lowest BCUT2D eigenvalue weighted by atomic mass is 9.91. The summed E-state index contributed by atoms with van der Waals surface area (Å²) in [4.78, 5) is 28.7. The molecule has 214 valence electrons. The third kappa shape index (κ3) is 6.07. The van der Waals surface area contributed by atoms with Crippen molar-refractivity contribution in [3.63, 3.8) is 0 Å². The number of aromatic nitrogens is 1. The Hall–Kier alpha value is -4.31. The van der Waals surface area contributed by atoms with Crippen LogP contribution in [0, 0.1) is 6.92 Å². The third-order valence-electron chi connectivity index (χ3n) is 7.57. The van der Waals surface area contributed by atoms with Crippen LogP contribution in [-0.4, -0.2) is 38.6 Å². The maximum absolute atomic E-state index is 12.9. The fraction of sp³-hybridized carbons (Fsp3) is 0.290. The molecule has 0 spiro atoms. The molecule has 4 aromatic rings. The Bertz CT molecular complexity index is 1710. The smallest absolute Gasteiger partial charge is 0.411 e. The van der Waals surface area contributed by atoms with Gasteiger partial charge in [-0.2, -0.15) is 0 Å². The van der Waals surface area contributed by atoms with Crippen LogP contribution in [0.4, 0.5) is 10.5 Å². The molecule has 1 fully saturated rings. The number of rotatable bonds is 8. The minimum absolute atomic E-state index is 0.0262. The number of fused-ring (bicyclic) bond motifs is 1. The van der Waals surface area contributed by atoms with Crippen LogP contribution < -0.4 is 14.8 Å². The molecule has 10 heteroatoms. The van der Waals surface area contributed by atoms with E-state index in [1.54, 1.807) is 37.3 Å². The zero-order chi connectivity index (χ0) is 29.1. The highest BCUT2D eigenvalue weighted by molar-refractivity contribution is 7.90. The van der Waals surface area contributed by atoms with Gasteiger partial charge in [0, 0.05) is 39.8 Å². The van der Waals surface area contributed by atoms with Gasteiger partial charge < -0.3 is 14.5 Å². The average Bonchev–Trinajstić information content (AvgIpc) is 3.62. The molecule has 2 amide bonds. The number of hydrogen-bond acceptors (Lipinski definition) is 6. The topological polar surface area (TPSA) is 127 Å². The molecule has 0 radical (unpaired) electrons. The lowest BCUT2D eigenvalue weighted by molar-refractivity contribution is 0.0980. The van der Waals surface area contributed by atoms with Gasteiger partial charge in [0.2, 0.25) is 0 Å². The lowest BCUT2D eigenvalue weighted by Gasteiger charge is -2.17. The molecule has 1 aliphatic rings. The van der Waals surface area contributed by atoms with Crippen LogP contribution in [-0.2, 0) is 14.8 Å². The second-order valence-corrected chi connectivity index (χ2v) is 12.0. The van der Waals surface area contributed by atoms with Crippen LogP contribution in [0.5, 0.6) is 5.75 Å². The number of nitrogens with one attached hydrogen (secondary N) is 3. The number of carbonyl (C=O) groups is 2. The standard InChI is InChI=1S/C31H33N3O6S/c1-19-8-4-7-11-29(19)41(37,38)34-30(35)21-12-14-24(28(16-21)39-3)20(2)26-18-32-27-15-13-22(17-25(26)27)33-31(36)40-23-9-5-6-10-23/h4,7-8,11-18,20,23,32H,5-6,9-10H2,1-3H3,(H,33,36)(H,34,35). The summed E-state index contributed by atoms with van der Waals surface area (Å²) in [5.74, 6) is -0.465. The SMILES string of the molecule is COc1cc(C(=O)NS(=O)(=O)c2ccccc2C)ccc1C(C)c1c[nH]c2ccc(NC(=O)OC3CCCC3)cc12. The molecule has 3 N–H and O–H groups in total. The maximum atomic E-state index is 12.9. The summed E-state index contributed by atoms with van der Waals surface area (Å²) >= 11 is 0. The Morgan fingerprint density at radius 2 is 1.76 bits per heavy atom. The fourth-order valence-corrected chi connectivity index (χ4v) is 6.58. The second kappa shape index (κ2) is 11.7. The molecule has 1 aromatic heterocycles. The van der Waals surface area contributed by atoms with E-state index in [0.717, 1.165) is 47.7 Å². The number of anilines is 1. The molecular weight excluding hydrogens is 542 g/mol. The van der Waals surface area contributed by atoms with E-state index >= 15 is 0 Å². The summed E-state index contributed by atoms with van der Waals surface area (Å²) in [6.07, 6.45) is 5.38. The van der Waals surface area contributed by atoms with Gasteiger partial charge in [-0.3, -0.25) is 10.1 Å². The van der Waals surface area contributed by atoms with Crippen molar-refractivity contribution in [1.29, 1.82) is 0 Å². The minimum Gasteiger partial charge on any atom is -0.496 e. The molecule has 3 aromatic carbocycles. The van der Waals surface area contributed by atoms with Crippen LogP contribution in [0.3, 0.4) is 0 Å². The number of hydrogen-bond donors (Lipinski definition) is 3. The molecule has 1 aliphatic carbocycles. The van der Waals surface area contributed by atoms with E-state index < -0.39 is 22.0 Å². The average molecular weight is 576 g/mol. The Morgan fingerprint density at radius 3 is 2.49 bits per heavy atom. The van der Waals surface area contributed by atoms with Crippen LogP contribution in [0.2, 0.25) is 0 Å². The summed E-state index contributed by atoms with van der Waals surface area (Å²) in [5, 5.41) is 3.76. The summed E-state index contributed by atoms with van der Waals surface area (Å²) < 4.78 is 39.0. The number of aromatic amines is 1. The van der Waals surface area contributed by atoms with Crippen molar-refractivity contribution in [2.45, 2.75) is 56.4 Å². The first-order chi connectivity index (χ1) is 19.7. The molecule has 41 heavy (non-hydrogen) atoms. The van der Waals surface area contributed by atoms with E-state index in [9.17, 15) is 18.0 Å². The minimum atomic E-state index is -4.05. The van der Waals surface area contributed by atoms with Gasteiger partial charge in [0.1, 0.15) is 11.9 Å². The van der Waals surface area contributed by atoms with Crippen LogP contribution in [0.25, 0.3) is 10.9 Å². The zero-order valence-electron chi connectivity index (χ0n) is 23.2. The molecule has 1 saturated carbocycles. The highest BCUT2D eigenvalue weighted by atomic mass is 32.2. The van der Waals surface area contributed by atoms with Crippen molar-refractivity contribution < 1.29 is 27.5 Å². The highest BCUT2D eigenvalue weighted by Crippen LogP contribution is 2.37. The summed E-state index contributed by atoms with van der Waals surface area (Å²) in [6, 6.07) is 17.0. The van der Waals surface area contributed by atoms with Crippen LogP contribution >= 0.6 is 0 Å². The predicted molar refractivity (Wildman–Crippen MR) is 157 cm³/mol. The van der Waals surface area contributed by atoms with Crippen molar-refractivity contribution in [3.8, 4) is 5.75 Å². The van der Waals surface area contributed by atoms with Gasteiger partial charge in [-0.15, -0.1) is 0 Å². The van der Waals surface area contributed by atoms with Gasteiger partial charge in [-0.25, -0.2) is 17.9 Å². The molecule has 1 heterocycles. The molecule has 1 atom stereocenters. The van der Waals surface area contributed by atoms with Crippen LogP contribution in [0.15, 0.2) is 71.8 Å². The molecule has 0 bridgehead atoms. The quantitative estimate of drug-likeness (QED) is 0.228. The number of ether oxygens (including phenoxy) is 2. The van der Waals surface area contributed by atoms with Crippen molar-refractivity contribution >= 4 is 38.6 Å². The van der Waals surface area contributed by atoms with Crippen molar-refractivity contribution in [2.75, 3.05) is 12.4 Å². The van der Waals surface area contributed by atoms with Crippen molar-refractivity contribution in [2.24, 2.45) is 0 Å². The zero-order valence-corrected chi connectivity index (χ0v) is 24.0. The first-order valence-electron chi connectivity index (χ1n) is 13.6. The third-order valence-corrected chi connectivity index (χ3v) is 9.07. The van der Waals surface area contributed by atoms with E-state index in [1.165, 1.54) is 19.2 Å². The van der Waals surface area contributed by atoms with E-state index in [1.807, 2.05) is 31.3 Å². The van der Waals surface area contributed by atoms with Gasteiger partial charge in [0.25, 0.3) is 15.9 Å². The Morgan fingerprint density at radius 1 is 1.00 bits per heavy atom. The number of benzene rings is 3. The number of H-pyrrole nitrogens is 1. The summed E-state index contributed by atoms with van der Waals surface area (Å²) in [5.41, 5.74) is 4.00. The lowest BCUT2D eigenvalue weighted by Crippen LogP contribution is -2.31. The Balaban J connectivity index is 1.36. The van der Waals surface area contributed by atoms with E-state index in [-0.39, 0.29) is 22.5 Å². The van der Waals surface area contributed by atoms with Gasteiger partial charge in [0.15, 0.2) is 0 Å². The Kier molecular flexibility index (Phi) is 8.03. The largest absolute Gasteiger partial charge is 0.496 e. The second-order valence-electron chi connectivity index (χ2n) is 10.3. The number of sulfonamides is 1. The molecule has 0 aliphatic heterocycles. The first kappa shape index (κ1) is 28.2. The van der Waals surface area contributed by atoms with E-state index in [0.29, 0.717) is 17.0 Å². The van der Waals surface area contributed by atoms with Gasteiger partial charge in [0.05, 0.1) is 12.0 Å². The van der Waals surface area contributed by atoms with Crippen molar-refractivity contribution in [3.05, 3.63) is 89.1 Å². The molecule has 5 rings (SSSR count). The molecular formula is C31H33N3O6S.